The van der Waals surface area contributed by atoms with Gasteiger partial charge in [0.15, 0.2) is 12.3 Å². The van der Waals surface area contributed by atoms with Crippen molar-refractivity contribution in [3.05, 3.63) is 58.9 Å². The molecule has 4 aromatic rings. The van der Waals surface area contributed by atoms with E-state index in [0.717, 1.165) is 11.4 Å². The third-order valence-electron chi connectivity index (χ3n) is 4.37. The molecule has 0 atom stereocenters. The van der Waals surface area contributed by atoms with Gasteiger partial charge >= 0.3 is 5.97 Å². The molecule has 4 rings (SSSR count). The van der Waals surface area contributed by atoms with Crippen LogP contribution >= 0.6 is 0 Å². The van der Waals surface area contributed by atoms with Crippen molar-refractivity contribution >= 4 is 23.3 Å². The van der Waals surface area contributed by atoms with Crippen molar-refractivity contribution in [3.63, 3.8) is 0 Å². The Labute approximate surface area is 177 Å². The van der Waals surface area contributed by atoms with Gasteiger partial charge in [-0.25, -0.2) is 24.3 Å². The van der Waals surface area contributed by atoms with Gasteiger partial charge in [0, 0.05) is 29.8 Å². The van der Waals surface area contributed by atoms with Crippen LogP contribution < -0.4 is 5.32 Å². The zero-order valence-electron chi connectivity index (χ0n) is 17.4. The summed E-state index contributed by atoms with van der Waals surface area (Å²) in [5.41, 5.74) is 3.27. The van der Waals surface area contributed by atoms with Gasteiger partial charge in [-0.05, 0) is 39.8 Å². The van der Waals surface area contributed by atoms with E-state index in [1.165, 1.54) is 9.20 Å². The quantitative estimate of drug-likeness (QED) is 0.483. The molecule has 0 saturated carbocycles. The van der Waals surface area contributed by atoms with E-state index in [2.05, 4.69) is 30.5 Å². The number of hydrogen-bond donors (Lipinski definition) is 1. The molecule has 0 radical (unpaired) electrons. The number of ether oxygens (including phenoxy) is 1. The van der Waals surface area contributed by atoms with E-state index in [0.29, 0.717) is 28.8 Å². The lowest BCUT2D eigenvalue weighted by atomic mass is 10.2. The summed E-state index contributed by atoms with van der Waals surface area (Å²) in [6.45, 7) is 6.68. The molecule has 0 aliphatic heterocycles. The molecule has 0 aromatic carbocycles. The molecule has 4 heterocycles. The molecule has 0 saturated heterocycles. The van der Waals surface area contributed by atoms with E-state index in [1.54, 1.807) is 38.4 Å². The van der Waals surface area contributed by atoms with E-state index in [4.69, 9.17) is 4.74 Å². The van der Waals surface area contributed by atoms with E-state index in [9.17, 15) is 9.59 Å². The van der Waals surface area contributed by atoms with Crippen molar-refractivity contribution < 1.29 is 14.3 Å². The van der Waals surface area contributed by atoms with Gasteiger partial charge in [-0.3, -0.25) is 4.79 Å². The number of hydrogen-bond acceptors (Lipinski definition) is 8. The van der Waals surface area contributed by atoms with Gasteiger partial charge < -0.3 is 10.1 Å². The first-order valence-electron chi connectivity index (χ1n) is 9.48. The molecule has 1 amide bonds. The Hall–Kier alpha value is -4.15. The predicted molar refractivity (Wildman–Crippen MR) is 110 cm³/mol. The number of anilines is 1. The zero-order valence-corrected chi connectivity index (χ0v) is 17.4. The van der Waals surface area contributed by atoms with E-state index >= 15 is 0 Å². The summed E-state index contributed by atoms with van der Waals surface area (Å²) >= 11 is 0. The number of carbonyl (C=O) groups is 2. The molecule has 0 spiro atoms. The van der Waals surface area contributed by atoms with Crippen molar-refractivity contribution in [1.82, 2.24) is 34.3 Å². The van der Waals surface area contributed by atoms with Gasteiger partial charge in [-0.1, -0.05) is 0 Å². The minimum Gasteiger partial charge on any atom is -0.452 e. The molecule has 0 aliphatic rings. The second-order valence-electron chi connectivity index (χ2n) is 7.01. The van der Waals surface area contributed by atoms with Crippen LogP contribution in [0.5, 0.6) is 0 Å². The Morgan fingerprint density at radius 1 is 1.03 bits per heavy atom. The Morgan fingerprint density at radius 3 is 2.52 bits per heavy atom. The maximum Gasteiger partial charge on any atom is 0.344 e. The summed E-state index contributed by atoms with van der Waals surface area (Å²) in [4.78, 5) is 37.9. The summed E-state index contributed by atoms with van der Waals surface area (Å²) in [6, 6.07) is 5.22. The van der Waals surface area contributed by atoms with E-state index < -0.39 is 18.5 Å². The second-order valence-corrected chi connectivity index (χ2v) is 7.01. The first-order valence-corrected chi connectivity index (χ1v) is 9.48. The monoisotopic (exact) mass is 420 g/mol. The summed E-state index contributed by atoms with van der Waals surface area (Å²) in [7, 11) is 0. The van der Waals surface area contributed by atoms with Crippen LogP contribution in [0.3, 0.4) is 0 Å². The lowest BCUT2D eigenvalue weighted by Crippen LogP contribution is -2.23. The predicted octanol–water partition coefficient (Wildman–Crippen LogP) is 1.73. The Kier molecular flexibility index (Phi) is 5.15. The molecule has 11 heteroatoms. The molecule has 0 unspecified atom stereocenters. The standard InChI is InChI=1S/C20H20N8O3/c1-11-8-12(2)23-20(22-11)28-15(9-13(3)25-28)24-16(29)10-31-19(30)17-14(4)26-27-7-5-6-21-18(17)27/h5-9H,10H2,1-4H3,(H,24,29). The highest BCUT2D eigenvalue weighted by Gasteiger charge is 2.21. The molecule has 0 fully saturated rings. The number of amides is 1. The fraction of sp³-hybridized carbons (Fsp3) is 0.250. The summed E-state index contributed by atoms with van der Waals surface area (Å²) in [5, 5.41) is 11.3. The van der Waals surface area contributed by atoms with Crippen LogP contribution in [0.15, 0.2) is 30.6 Å². The number of carbonyl (C=O) groups excluding carboxylic acids is 2. The number of aryl methyl sites for hydroxylation is 4. The second kappa shape index (κ2) is 7.94. The minimum atomic E-state index is -0.677. The fourth-order valence-corrected chi connectivity index (χ4v) is 3.16. The summed E-state index contributed by atoms with van der Waals surface area (Å²) in [6.07, 6.45) is 3.23. The van der Waals surface area contributed by atoms with E-state index in [1.807, 2.05) is 19.9 Å². The van der Waals surface area contributed by atoms with Gasteiger partial charge in [0.25, 0.3) is 11.9 Å². The Morgan fingerprint density at radius 2 is 1.77 bits per heavy atom. The molecule has 158 valence electrons. The van der Waals surface area contributed by atoms with Gasteiger partial charge in [-0.15, -0.1) is 0 Å². The van der Waals surface area contributed by atoms with Crippen LogP contribution in [0.25, 0.3) is 11.6 Å². The molecule has 31 heavy (non-hydrogen) atoms. The van der Waals surface area contributed by atoms with Crippen molar-refractivity contribution in [2.75, 3.05) is 11.9 Å². The average Bonchev–Trinajstić information content (AvgIpc) is 3.24. The number of fused-ring (bicyclic) bond motifs is 1. The molecule has 0 aliphatic carbocycles. The van der Waals surface area contributed by atoms with Crippen molar-refractivity contribution in [2.24, 2.45) is 0 Å². The highest BCUT2D eigenvalue weighted by molar-refractivity contribution is 5.99. The van der Waals surface area contributed by atoms with Crippen LogP contribution in [0.1, 0.15) is 33.1 Å². The number of aromatic nitrogens is 7. The normalized spacial score (nSPS) is 11.0. The highest BCUT2D eigenvalue weighted by Crippen LogP contribution is 2.16. The average molecular weight is 420 g/mol. The molecular weight excluding hydrogens is 400 g/mol. The molecule has 11 nitrogen and oxygen atoms in total. The molecule has 0 bridgehead atoms. The third-order valence-corrected chi connectivity index (χ3v) is 4.37. The summed E-state index contributed by atoms with van der Waals surface area (Å²) < 4.78 is 8.12. The number of esters is 1. The Bertz CT molecular complexity index is 1290. The van der Waals surface area contributed by atoms with Crippen molar-refractivity contribution in [3.8, 4) is 5.95 Å². The largest absolute Gasteiger partial charge is 0.452 e. The smallest absolute Gasteiger partial charge is 0.344 e. The Balaban J connectivity index is 1.48. The lowest BCUT2D eigenvalue weighted by molar-refractivity contribution is -0.119. The van der Waals surface area contributed by atoms with Crippen LogP contribution in [-0.4, -0.2) is 52.8 Å². The topological polar surface area (TPSA) is 129 Å². The number of nitrogens with zero attached hydrogens (tertiary/aromatic N) is 7. The van der Waals surface area contributed by atoms with Crippen LogP contribution in [-0.2, 0) is 9.53 Å². The molecular formula is C20H20N8O3. The zero-order chi connectivity index (χ0) is 22.1. The van der Waals surface area contributed by atoms with Gasteiger partial charge in [0.1, 0.15) is 11.4 Å². The number of nitrogens with one attached hydrogen (secondary N) is 1. The maximum atomic E-state index is 12.5. The molecule has 1 N–H and O–H groups in total. The van der Waals surface area contributed by atoms with Gasteiger partial charge in [-0.2, -0.15) is 14.9 Å². The third kappa shape index (κ3) is 4.10. The first kappa shape index (κ1) is 20.1. The SMILES string of the molecule is Cc1cc(C)nc(-n2nc(C)cc2NC(=O)COC(=O)c2c(C)nn3cccnc23)n1. The van der Waals surface area contributed by atoms with Crippen molar-refractivity contribution in [1.29, 1.82) is 0 Å². The van der Waals surface area contributed by atoms with Crippen LogP contribution in [0, 0.1) is 27.7 Å². The fourth-order valence-electron chi connectivity index (χ4n) is 3.16. The van der Waals surface area contributed by atoms with E-state index in [-0.39, 0.29) is 5.56 Å². The summed E-state index contributed by atoms with van der Waals surface area (Å²) in [5.74, 6) is -0.493. The highest BCUT2D eigenvalue weighted by atomic mass is 16.5. The molecule has 4 aromatic heterocycles. The van der Waals surface area contributed by atoms with Gasteiger partial charge in [0.2, 0.25) is 0 Å². The number of rotatable bonds is 5. The first-order chi connectivity index (χ1) is 14.8. The van der Waals surface area contributed by atoms with Crippen molar-refractivity contribution in [2.45, 2.75) is 27.7 Å². The van der Waals surface area contributed by atoms with Crippen LogP contribution in [0.4, 0.5) is 5.82 Å². The lowest BCUT2D eigenvalue weighted by Gasteiger charge is -2.09. The minimum absolute atomic E-state index is 0.220. The van der Waals surface area contributed by atoms with Gasteiger partial charge in [0.05, 0.1) is 11.4 Å². The maximum absolute atomic E-state index is 12.5. The van der Waals surface area contributed by atoms with Crippen LogP contribution in [0.2, 0.25) is 0 Å².